The Morgan fingerprint density at radius 3 is 2.88 bits per heavy atom. The topological polar surface area (TPSA) is 86.2 Å². The Kier molecular flexibility index (Phi) is 7.81. The fourth-order valence-corrected chi connectivity index (χ4v) is 3.43. The standard InChI is InChI=1S/C24H31FN6O/c1-5-32-24-18(9-6-10-27-24)20-12-21(28-14-17-8-7-11-31(4)15-17)23(29-16(2)3)22(30-20)19(26)13-25/h6-10,12,15-16,26,29H,5,11,13-14H2,1-4H3,(H,28,30). The van der Waals surface area contributed by atoms with Crippen molar-refractivity contribution >= 4 is 17.1 Å². The van der Waals surface area contributed by atoms with Crippen molar-refractivity contribution in [2.75, 3.05) is 44.1 Å². The lowest BCUT2D eigenvalue weighted by molar-refractivity contribution is 0.328. The minimum Gasteiger partial charge on any atom is -0.477 e. The summed E-state index contributed by atoms with van der Waals surface area (Å²) in [5.74, 6) is 0.454. The maximum Gasteiger partial charge on any atom is 0.222 e. The SMILES string of the molecule is CCOc1ncccc1-c1cc(NCC2=CN(C)CC=C2)c(NC(C)C)c(C(=N)CF)n1. The van der Waals surface area contributed by atoms with E-state index in [1.54, 1.807) is 12.3 Å². The molecule has 7 nitrogen and oxygen atoms in total. The quantitative estimate of drug-likeness (QED) is 0.474. The van der Waals surface area contributed by atoms with Crippen LogP contribution in [0.2, 0.25) is 0 Å². The molecule has 1 aliphatic rings. The Bertz CT molecular complexity index is 1020. The molecule has 1 aliphatic heterocycles. The van der Waals surface area contributed by atoms with Gasteiger partial charge in [-0.2, -0.15) is 0 Å². The van der Waals surface area contributed by atoms with Crippen LogP contribution in [0.3, 0.4) is 0 Å². The second-order valence-corrected chi connectivity index (χ2v) is 7.88. The Hall–Kier alpha value is -3.42. The largest absolute Gasteiger partial charge is 0.477 e. The molecule has 0 saturated carbocycles. The fourth-order valence-electron chi connectivity index (χ4n) is 3.43. The first-order valence-electron chi connectivity index (χ1n) is 10.8. The summed E-state index contributed by atoms with van der Waals surface area (Å²) in [7, 11) is 2.03. The van der Waals surface area contributed by atoms with Gasteiger partial charge in [-0.1, -0.05) is 12.2 Å². The zero-order chi connectivity index (χ0) is 23.1. The molecule has 0 spiro atoms. The van der Waals surface area contributed by atoms with Crippen molar-refractivity contribution in [2.45, 2.75) is 26.8 Å². The van der Waals surface area contributed by atoms with E-state index in [2.05, 4.69) is 43.9 Å². The van der Waals surface area contributed by atoms with Crippen molar-refractivity contribution < 1.29 is 9.13 Å². The van der Waals surface area contributed by atoms with Crippen molar-refractivity contribution in [1.29, 1.82) is 5.41 Å². The van der Waals surface area contributed by atoms with Crippen LogP contribution >= 0.6 is 0 Å². The zero-order valence-corrected chi connectivity index (χ0v) is 19.1. The first kappa shape index (κ1) is 23.2. The van der Waals surface area contributed by atoms with Gasteiger partial charge in [-0.3, -0.25) is 0 Å². The average Bonchev–Trinajstić information content (AvgIpc) is 2.78. The molecular weight excluding hydrogens is 407 g/mol. The van der Waals surface area contributed by atoms with Crippen molar-refractivity contribution in [3.05, 3.63) is 54.0 Å². The minimum absolute atomic E-state index is 0.0756. The number of aromatic nitrogens is 2. The Morgan fingerprint density at radius 2 is 2.19 bits per heavy atom. The van der Waals surface area contributed by atoms with Crippen molar-refractivity contribution in [1.82, 2.24) is 14.9 Å². The second-order valence-electron chi connectivity index (χ2n) is 7.88. The number of alkyl halides is 1. The van der Waals surface area contributed by atoms with E-state index < -0.39 is 6.67 Å². The van der Waals surface area contributed by atoms with Gasteiger partial charge in [0.15, 0.2) is 0 Å². The monoisotopic (exact) mass is 438 g/mol. The van der Waals surface area contributed by atoms with Gasteiger partial charge < -0.3 is 25.7 Å². The summed E-state index contributed by atoms with van der Waals surface area (Å²) in [5, 5.41) is 15.0. The number of pyridine rings is 2. The third-order valence-electron chi connectivity index (χ3n) is 4.79. The van der Waals surface area contributed by atoms with Gasteiger partial charge in [-0.05, 0) is 44.5 Å². The van der Waals surface area contributed by atoms with E-state index >= 15 is 0 Å². The number of ether oxygens (including phenoxy) is 1. The van der Waals surface area contributed by atoms with E-state index in [9.17, 15) is 4.39 Å². The minimum atomic E-state index is -0.910. The highest BCUT2D eigenvalue weighted by atomic mass is 19.1. The lowest BCUT2D eigenvalue weighted by Crippen LogP contribution is -2.20. The van der Waals surface area contributed by atoms with Gasteiger partial charge in [-0.15, -0.1) is 0 Å². The van der Waals surface area contributed by atoms with Crippen LogP contribution in [0.25, 0.3) is 11.3 Å². The molecule has 0 atom stereocenters. The van der Waals surface area contributed by atoms with Crippen LogP contribution < -0.4 is 15.4 Å². The molecule has 0 saturated heterocycles. The zero-order valence-electron chi connectivity index (χ0n) is 19.1. The van der Waals surface area contributed by atoms with Crippen molar-refractivity contribution in [3.63, 3.8) is 0 Å². The Morgan fingerprint density at radius 1 is 1.38 bits per heavy atom. The van der Waals surface area contributed by atoms with Crippen LogP contribution in [0, 0.1) is 5.41 Å². The number of hydrogen-bond donors (Lipinski definition) is 3. The number of rotatable bonds is 10. The summed E-state index contributed by atoms with van der Waals surface area (Å²) in [6, 6.07) is 5.65. The van der Waals surface area contributed by atoms with Gasteiger partial charge in [0.05, 0.1) is 35.0 Å². The maximum absolute atomic E-state index is 13.6. The molecule has 2 aromatic heterocycles. The summed E-state index contributed by atoms with van der Waals surface area (Å²) in [6.45, 7) is 6.89. The van der Waals surface area contributed by atoms with E-state index in [0.29, 0.717) is 36.0 Å². The summed E-state index contributed by atoms with van der Waals surface area (Å²) < 4.78 is 19.3. The molecule has 0 unspecified atom stereocenters. The molecule has 0 amide bonds. The third-order valence-corrected chi connectivity index (χ3v) is 4.79. The first-order chi connectivity index (χ1) is 15.4. The highest BCUT2D eigenvalue weighted by Crippen LogP contribution is 2.34. The van der Waals surface area contributed by atoms with Gasteiger partial charge in [0.1, 0.15) is 12.4 Å². The number of nitrogens with zero attached hydrogens (tertiary/aromatic N) is 3. The molecule has 3 N–H and O–H groups in total. The summed E-state index contributed by atoms with van der Waals surface area (Å²) in [4.78, 5) is 11.1. The fraction of sp³-hybridized carbons (Fsp3) is 0.375. The normalized spacial score (nSPS) is 13.2. The van der Waals surface area contributed by atoms with E-state index in [4.69, 9.17) is 10.1 Å². The second kappa shape index (κ2) is 10.7. The van der Waals surface area contributed by atoms with Gasteiger partial charge >= 0.3 is 0 Å². The molecule has 170 valence electrons. The molecule has 0 aromatic carbocycles. The predicted molar refractivity (Wildman–Crippen MR) is 129 cm³/mol. The van der Waals surface area contributed by atoms with Crippen LogP contribution in [0.5, 0.6) is 5.88 Å². The molecule has 32 heavy (non-hydrogen) atoms. The number of anilines is 2. The van der Waals surface area contributed by atoms with E-state index in [-0.39, 0.29) is 17.4 Å². The smallest absolute Gasteiger partial charge is 0.222 e. The Balaban J connectivity index is 2.10. The molecule has 3 heterocycles. The number of likely N-dealkylation sites (N-methyl/N-ethyl adjacent to an activating group) is 1. The summed E-state index contributed by atoms with van der Waals surface area (Å²) in [6.07, 6.45) is 7.94. The van der Waals surface area contributed by atoms with E-state index in [1.165, 1.54) is 0 Å². The number of halogens is 1. The van der Waals surface area contributed by atoms with Gasteiger partial charge in [0.2, 0.25) is 5.88 Å². The van der Waals surface area contributed by atoms with Gasteiger partial charge in [-0.25, -0.2) is 14.4 Å². The Labute approximate surface area is 188 Å². The molecule has 8 heteroatoms. The van der Waals surface area contributed by atoms with Crippen LogP contribution in [-0.2, 0) is 0 Å². The van der Waals surface area contributed by atoms with E-state index in [1.807, 2.05) is 40.0 Å². The number of hydrogen-bond acceptors (Lipinski definition) is 7. The summed E-state index contributed by atoms with van der Waals surface area (Å²) in [5.41, 5.74) is 3.82. The first-order valence-corrected chi connectivity index (χ1v) is 10.8. The average molecular weight is 439 g/mol. The van der Waals surface area contributed by atoms with E-state index in [0.717, 1.165) is 17.8 Å². The van der Waals surface area contributed by atoms with Crippen LogP contribution in [0.1, 0.15) is 26.5 Å². The maximum atomic E-state index is 13.6. The molecule has 2 aromatic rings. The lowest BCUT2D eigenvalue weighted by Gasteiger charge is -2.22. The lowest BCUT2D eigenvalue weighted by atomic mass is 10.1. The molecule has 3 rings (SSSR count). The van der Waals surface area contributed by atoms with Crippen LogP contribution in [-0.4, -0.2) is 60.0 Å². The van der Waals surface area contributed by atoms with Gasteiger partial charge in [0, 0.05) is 38.6 Å². The highest BCUT2D eigenvalue weighted by Gasteiger charge is 2.20. The molecule has 0 radical (unpaired) electrons. The molecule has 0 fully saturated rings. The third kappa shape index (κ3) is 5.63. The molecule has 0 bridgehead atoms. The van der Waals surface area contributed by atoms with Gasteiger partial charge in [0.25, 0.3) is 0 Å². The van der Waals surface area contributed by atoms with Crippen molar-refractivity contribution in [3.8, 4) is 17.1 Å². The molecule has 0 aliphatic carbocycles. The molecular formula is C24H31FN6O. The summed E-state index contributed by atoms with van der Waals surface area (Å²) >= 11 is 0. The van der Waals surface area contributed by atoms with Crippen LogP contribution in [0.15, 0.2) is 48.3 Å². The van der Waals surface area contributed by atoms with Crippen molar-refractivity contribution in [2.24, 2.45) is 0 Å². The number of nitrogens with one attached hydrogen (secondary N) is 3. The van der Waals surface area contributed by atoms with Crippen LogP contribution in [0.4, 0.5) is 15.8 Å². The highest BCUT2D eigenvalue weighted by molar-refractivity contribution is 6.05. The predicted octanol–water partition coefficient (Wildman–Crippen LogP) is 4.50.